The van der Waals surface area contributed by atoms with Crippen LogP contribution in [0.3, 0.4) is 0 Å². The van der Waals surface area contributed by atoms with Crippen molar-refractivity contribution in [3.8, 4) is 0 Å². The molecule has 0 radical (unpaired) electrons. The van der Waals surface area contributed by atoms with Crippen LogP contribution in [0, 0.1) is 12.7 Å². The van der Waals surface area contributed by atoms with Gasteiger partial charge in [-0.1, -0.05) is 18.6 Å². The first-order valence-electron chi connectivity index (χ1n) is 11.2. The maximum absolute atomic E-state index is 13.2. The first-order valence-corrected chi connectivity index (χ1v) is 11.2. The Bertz CT molecular complexity index is 848. The number of benzene rings is 1. The molecular formula is C24H32FN3O3. The van der Waals surface area contributed by atoms with Crippen LogP contribution < -0.4 is 5.32 Å². The molecule has 7 heteroatoms. The van der Waals surface area contributed by atoms with Crippen LogP contribution in [-0.4, -0.2) is 61.1 Å². The van der Waals surface area contributed by atoms with Crippen LogP contribution in [0.5, 0.6) is 0 Å². The van der Waals surface area contributed by atoms with Gasteiger partial charge < -0.3 is 14.5 Å². The number of morpholine rings is 1. The fourth-order valence-electron chi connectivity index (χ4n) is 4.55. The smallest absolute Gasteiger partial charge is 0.237 e. The third-order valence-electron chi connectivity index (χ3n) is 6.26. The third-order valence-corrected chi connectivity index (χ3v) is 6.26. The van der Waals surface area contributed by atoms with E-state index >= 15 is 0 Å². The minimum atomic E-state index is -0.237. The van der Waals surface area contributed by atoms with Crippen molar-refractivity contribution in [3.63, 3.8) is 0 Å². The summed E-state index contributed by atoms with van der Waals surface area (Å²) in [5.41, 5.74) is 1.03. The zero-order valence-electron chi connectivity index (χ0n) is 18.2. The monoisotopic (exact) mass is 429 g/mol. The molecule has 2 aliphatic heterocycles. The zero-order valence-corrected chi connectivity index (χ0v) is 18.2. The van der Waals surface area contributed by atoms with Gasteiger partial charge in [-0.05, 0) is 56.1 Å². The molecule has 0 bridgehead atoms. The highest BCUT2D eigenvalue weighted by Gasteiger charge is 2.31. The number of nitrogens with one attached hydrogen (secondary N) is 1. The molecule has 1 aromatic carbocycles. The van der Waals surface area contributed by atoms with E-state index in [9.17, 15) is 9.18 Å². The predicted octanol–water partition coefficient (Wildman–Crippen LogP) is 3.27. The van der Waals surface area contributed by atoms with E-state index in [1.165, 1.54) is 12.1 Å². The molecule has 0 spiro atoms. The van der Waals surface area contributed by atoms with Crippen molar-refractivity contribution in [1.82, 2.24) is 15.1 Å². The SMILES string of the molecule is Cc1ccc([C@@H](CNC(=O)[C@H]2CCCCN2Cc2ccc(F)cc2)N2CCOCC2)o1. The van der Waals surface area contributed by atoms with Gasteiger partial charge in [0.1, 0.15) is 17.3 Å². The van der Waals surface area contributed by atoms with E-state index in [1.54, 1.807) is 12.1 Å². The number of ether oxygens (including phenoxy) is 1. The van der Waals surface area contributed by atoms with Gasteiger partial charge in [-0.3, -0.25) is 14.6 Å². The summed E-state index contributed by atoms with van der Waals surface area (Å²) < 4.78 is 24.7. The van der Waals surface area contributed by atoms with E-state index in [0.717, 1.165) is 56.0 Å². The molecule has 168 valence electrons. The number of rotatable bonds is 7. The van der Waals surface area contributed by atoms with E-state index in [0.29, 0.717) is 26.3 Å². The van der Waals surface area contributed by atoms with Gasteiger partial charge in [0, 0.05) is 26.2 Å². The minimum Gasteiger partial charge on any atom is -0.465 e. The normalized spacial score (nSPS) is 21.7. The number of furan rings is 1. The van der Waals surface area contributed by atoms with Crippen LogP contribution in [0.15, 0.2) is 40.8 Å². The lowest BCUT2D eigenvalue weighted by atomic mass is 10.00. The van der Waals surface area contributed by atoms with Gasteiger partial charge in [0.05, 0.1) is 25.3 Å². The second-order valence-corrected chi connectivity index (χ2v) is 8.47. The summed E-state index contributed by atoms with van der Waals surface area (Å²) in [5, 5.41) is 3.20. The Morgan fingerprint density at radius 3 is 2.61 bits per heavy atom. The van der Waals surface area contributed by atoms with Crippen molar-refractivity contribution in [1.29, 1.82) is 0 Å². The van der Waals surface area contributed by atoms with Crippen molar-refractivity contribution < 1.29 is 18.3 Å². The Labute approximate surface area is 183 Å². The number of halogens is 1. The fourth-order valence-corrected chi connectivity index (χ4v) is 4.55. The van der Waals surface area contributed by atoms with Crippen molar-refractivity contribution >= 4 is 5.91 Å². The molecule has 4 rings (SSSR count). The van der Waals surface area contributed by atoms with Gasteiger partial charge in [-0.25, -0.2) is 4.39 Å². The molecule has 2 aliphatic rings. The highest BCUT2D eigenvalue weighted by Crippen LogP contribution is 2.24. The number of hydrogen-bond donors (Lipinski definition) is 1. The number of piperidine rings is 1. The number of likely N-dealkylation sites (tertiary alicyclic amines) is 1. The molecule has 2 saturated heterocycles. The first kappa shape index (κ1) is 22.0. The lowest BCUT2D eigenvalue weighted by Gasteiger charge is -2.36. The minimum absolute atomic E-state index is 0.00399. The second-order valence-electron chi connectivity index (χ2n) is 8.47. The maximum Gasteiger partial charge on any atom is 0.237 e. The van der Waals surface area contributed by atoms with E-state index in [4.69, 9.17) is 9.15 Å². The molecule has 3 heterocycles. The van der Waals surface area contributed by atoms with Gasteiger partial charge in [-0.15, -0.1) is 0 Å². The quantitative estimate of drug-likeness (QED) is 0.732. The Kier molecular flexibility index (Phi) is 7.37. The topological polar surface area (TPSA) is 58.0 Å². The Morgan fingerprint density at radius 1 is 1.13 bits per heavy atom. The lowest BCUT2D eigenvalue weighted by molar-refractivity contribution is -0.128. The highest BCUT2D eigenvalue weighted by molar-refractivity contribution is 5.81. The van der Waals surface area contributed by atoms with Crippen LogP contribution in [0.25, 0.3) is 0 Å². The van der Waals surface area contributed by atoms with E-state index in [1.807, 2.05) is 19.1 Å². The van der Waals surface area contributed by atoms with Crippen molar-refractivity contribution in [2.24, 2.45) is 0 Å². The van der Waals surface area contributed by atoms with Crippen LogP contribution in [0.4, 0.5) is 4.39 Å². The van der Waals surface area contributed by atoms with Gasteiger partial charge in [0.15, 0.2) is 0 Å². The molecule has 1 N–H and O–H groups in total. The zero-order chi connectivity index (χ0) is 21.6. The molecule has 2 fully saturated rings. The summed E-state index contributed by atoms with van der Waals surface area (Å²) in [6.07, 6.45) is 2.96. The molecule has 0 aliphatic carbocycles. The number of nitrogens with zero attached hydrogens (tertiary/aromatic N) is 2. The highest BCUT2D eigenvalue weighted by atomic mass is 19.1. The average molecular weight is 430 g/mol. The maximum atomic E-state index is 13.2. The molecule has 0 unspecified atom stereocenters. The van der Waals surface area contributed by atoms with E-state index in [-0.39, 0.29) is 23.8 Å². The number of carbonyl (C=O) groups is 1. The van der Waals surface area contributed by atoms with Crippen LogP contribution in [0.1, 0.15) is 42.4 Å². The Morgan fingerprint density at radius 2 is 1.90 bits per heavy atom. The van der Waals surface area contributed by atoms with Crippen molar-refractivity contribution in [2.75, 3.05) is 39.4 Å². The van der Waals surface area contributed by atoms with Gasteiger partial charge in [0.2, 0.25) is 5.91 Å². The molecule has 1 aromatic heterocycles. The molecule has 2 aromatic rings. The number of hydrogen-bond acceptors (Lipinski definition) is 5. The summed E-state index contributed by atoms with van der Waals surface area (Å²) in [4.78, 5) is 17.7. The molecule has 2 atom stereocenters. The predicted molar refractivity (Wildman–Crippen MR) is 116 cm³/mol. The van der Waals surface area contributed by atoms with Gasteiger partial charge >= 0.3 is 0 Å². The molecule has 6 nitrogen and oxygen atoms in total. The Hall–Kier alpha value is -2.22. The average Bonchev–Trinajstić information content (AvgIpc) is 3.22. The molecule has 31 heavy (non-hydrogen) atoms. The first-order chi connectivity index (χ1) is 15.1. The van der Waals surface area contributed by atoms with Crippen molar-refractivity contribution in [3.05, 3.63) is 59.3 Å². The van der Waals surface area contributed by atoms with Crippen LogP contribution >= 0.6 is 0 Å². The summed E-state index contributed by atoms with van der Waals surface area (Å²) in [7, 11) is 0. The van der Waals surface area contributed by atoms with E-state index in [2.05, 4.69) is 15.1 Å². The second kappa shape index (κ2) is 10.4. The summed E-state index contributed by atoms with van der Waals surface area (Å²) in [6, 6.07) is 10.4. The summed E-state index contributed by atoms with van der Waals surface area (Å²) in [5.74, 6) is 1.58. The molecule has 0 saturated carbocycles. The molecular weight excluding hydrogens is 397 g/mol. The summed E-state index contributed by atoms with van der Waals surface area (Å²) in [6.45, 7) is 7.00. The lowest BCUT2D eigenvalue weighted by Crippen LogP contribution is -2.51. The fraction of sp³-hybridized carbons (Fsp3) is 0.542. The van der Waals surface area contributed by atoms with Crippen molar-refractivity contribution in [2.45, 2.75) is 44.8 Å². The number of aryl methyl sites for hydroxylation is 1. The van der Waals surface area contributed by atoms with Gasteiger partial charge in [0.25, 0.3) is 0 Å². The largest absolute Gasteiger partial charge is 0.465 e. The number of amides is 1. The third kappa shape index (κ3) is 5.73. The van der Waals surface area contributed by atoms with E-state index < -0.39 is 0 Å². The number of carbonyl (C=O) groups excluding carboxylic acids is 1. The van der Waals surface area contributed by atoms with Gasteiger partial charge in [-0.2, -0.15) is 0 Å². The molecule has 1 amide bonds. The standard InChI is InChI=1S/C24H32FN3O3/c1-18-5-10-23(31-18)22(27-12-14-30-15-13-27)16-26-24(29)21-4-2-3-11-28(21)17-19-6-8-20(25)9-7-19/h5-10,21-22H,2-4,11-17H2,1H3,(H,26,29)/t21-,22-/m1/s1. The van der Waals surface area contributed by atoms with Crippen LogP contribution in [-0.2, 0) is 16.1 Å². The van der Waals surface area contributed by atoms with Crippen LogP contribution in [0.2, 0.25) is 0 Å². The summed E-state index contributed by atoms with van der Waals surface area (Å²) >= 11 is 0. The Balaban J connectivity index is 1.41.